The van der Waals surface area contributed by atoms with E-state index in [0.29, 0.717) is 6.42 Å². The van der Waals surface area contributed by atoms with Gasteiger partial charge in [-0.3, -0.25) is 0 Å². The highest BCUT2D eigenvalue weighted by Gasteiger charge is 2.35. The molecule has 1 heterocycles. The van der Waals surface area contributed by atoms with Gasteiger partial charge in [0.25, 0.3) is 0 Å². The molecule has 1 N–H and O–H groups in total. The molecule has 1 aliphatic heterocycles. The molecule has 0 aromatic heterocycles. The largest absolute Gasteiger partial charge is 0.485 e. The zero-order valence-corrected chi connectivity index (χ0v) is 11.5. The van der Waals surface area contributed by atoms with Crippen molar-refractivity contribution in [3.8, 4) is 5.75 Å². The average Bonchev–Trinajstić information content (AvgIpc) is 2.18. The molecule has 0 aliphatic carbocycles. The Labute approximate surface area is 109 Å². The molecule has 0 radical (unpaired) electrons. The highest BCUT2D eigenvalue weighted by Crippen LogP contribution is 2.35. The molecule has 0 spiro atoms. The Morgan fingerprint density at radius 3 is 2.59 bits per heavy atom. The number of benzene rings is 1. The molecule has 3 nitrogen and oxygen atoms in total. The van der Waals surface area contributed by atoms with Gasteiger partial charge in [0.05, 0.1) is 6.10 Å². The Kier molecular flexibility index (Phi) is 3.95. The first-order valence-electron chi connectivity index (χ1n) is 5.57. The van der Waals surface area contributed by atoms with Crippen molar-refractivity contribution in [2.75, 3.05) is 19.0 Å². The van der Waals surface area contributed by atoms with Crippen molar-refractivity contribution < 1.29 is 9.84 Å². The summed E-state index contributed by atoms with van der Waals surface area (Å²) in [6.07, 6.45) is 0.223. The lowest BCUT2D eigenvalue weighted by Crippen LogP contribution is -2.46. The lowest BCUT2D eigenvalue weighted by Gasteiger charge is -2.37. The summed E-state index contributed by atoms with van der Waals surface area (Å²) in [5, 5.41) is 9.93. The van der Waals surface area contributed by atoms with Crippen LogP contribution in [0.1, 0.15) is 19.4 Å². The molecule has 1 unspecified atom stereocenters. The van der Waals surface area contributed by atoms with E-state index in [9.17, 15) is 5.11 Å². The second-order valence-corrected chi connectivity index (χ2v) is 5.11. The maximum atomic E-state index is 9.93. The molecule has 0 amide bonds. The van der Waals surface area contributed by atoms with E-state index < -0.39 is 11.7 Å². The minimum absolute atomic E-state index is 0. The summed E-state index contributed by atoms with van der Waals surface area (Å²) in [6.45, 7) is 3.84. The Bertz CT molecular complexity index is 404. The molecule has 0 bridgehead atoms. The van der Waals surface area contributed by atoms with E-state index in [2.05, 4.69) is 0 Å². The summed E-state index contributed by atoms with van der Waals surface area (Å²) < 4.78 is 5.85. The number of hydrogen-bond donors (Lipinski definition) is 1. The number of hydrogen-bond acceptors (Lipinski definition) is 3. The van der Waals surface area contributed by atoms with Crippen molar-refractivity contribution in [1.29, 1.82) is 0 Å². The zero-order chi connectivity index (χ0) is 11.9. The van der Waals surface area contributed by atoms with Gasteiger partial charge in [-0.25, -0.2) is 0 Å². The van der Waals surface area contributed by atoms with Gasteiger partial charge in [0.2, 0.25) is 0 Å². The molecule has 1 atom stereocenters. The molecule has 2 rings (SSSR count). The molecular formula is C13H20ClNO2. The number of rotatable bonds is 1. The first-order valence-corrected chi connectivity index (χ1v) is 5.57. The quantitative estimate of drug-likeness (QED) is 0.838. The molecule has 17 heavy (non-hydrogen) atoms. The number of anilines is 1. The molecule has 4 heteroatoms. The maximum absolute atomic E-state index is 9.93. The normalized spacial score (nSPS) is 20.9. The van der Waals surface area contributed by atoms with Crippen LogP contribution in [0.5, 0.6) is 5.75 Å². The Morgan fingerprint density at radius 2 is 2.00 bits per heavy atom. The second kappa shape index (κ2) is 4.75. The van der Waals surface area contributed by atoms with Gasteiger partial charge in [-0.1, -0.05) is 6.07 Å². The van der Waals surface area contributed by atoms with Crippen molar-refractivity contribution in [1.82, 2.24) is 0 Å². The minimum atomic E-state index is -0.502. The average molecular weight is 258 g/mol. The monoisotopic (exact) mass is 257 g/mol. The molecule has 1 aromatic rings. The van der Waals surface area contributed by atoms with Gasteiger partial charge in [-0.15, -0.1) is 12.4 Å². The summed E-state index contributed by atoms with van der Waals surface area (Å²) in [6, 6.07) is 6.11. The van der Waals surface area contributed by atoms with Crippen molar-refractivity contribution in [2.24, 2.45) is 0 Å². The molecule has 96 valence electrons. The van der Waals surface area contributed by atoms with Crippen molar-refractivity contribution in [3.05, 3.63) is 23.8 Å². The SMILES string of the molecule is CN(C)c1ccc2c(c1)OC(C)(C)C(O)C2.Cl. The highest BCUT2D eigenvalue weighted by atomic mass is 35.5. The topological polar surface area (TPSA) is 32.7 Å². The van der Waals surface area contributed by atoms with Crippen LogP contribution >= 0.6 is 12.4 Å². The predicted octanol–water partition coefficient (Wildman–Crippen LogP) is 2.25. The van der Waals surface area contributed by atoms with Crippen molar-refractivity contribution in [2.45, 2.75) is 32.0 Å². The molecule has 0 fully saturated rings. The summed E-state index contributed by atoms with van der Waals surface area (Å²) in [5.74, 6) is 0.890. The van der Waals surface area contributed by atoms with Crippen LogP contribution in [0.4, 0.5) is 5.69 Å². The predicted molar refractivity (Wildman–Crippen MR) is 72.4 cm³/mol. The van der Waals surface area contributed by atoms with Crippen LogP contribution in [-0.2, 0) is 6.42 Å². The fourth-order valence-electron chi connectivity index (χ4n) is 1.89. The van der Waals surface area contributed by atoms with Gasteiger partial charge < -0.3 is 14.7 Å². The van der Waals surface area contributed by atoms with Crippen molar-refractivity contribution in [3.63, 3.8) is 0 Å². The number of fused-ring (bicyclic) bond motifs is 1. The van der Waals surface area contributed by atoms with E-state index >= 15 is 0 Å². The first kappa shape index (κ1) is 14.1. The number of aliphatic hydroxyl groups excluding tert-OH is 1. The van der Waals surface area contributed by atoms with E-state index in [0.717, 1.165) is 17.0 Å². The Balaban J connectivity index is 0.00000144. The standard InChI is InChI=1S/C13H19NO2.ClH/c1-13(2)12(15)7-9-5-6-10(14(3)4)8-11(9)16-13;/h5-6,8,12,15H,7H2,1-4H3;1H. The lowest BCUT2D eigenvalue weighted by atomic mass is 9.91. The highest BCUT2D eigenvalue weighted by molar-refractivity contribution is 5.85. The lowest BCUT2D eigenvalue weighted by molar-refractivity contribution is -0.0410. The summed E-state index contributed by atoms with van der Waals surface area (Å²) in [5.41, 5.74) is 1.70. The smallest absolute Gasteiger partial charge is 0.129 e. The van der Waals surface area contributed by atoms with Crippen LogP contribution in [-0.4, -0.2) is 30.9 Å². The maximum Gasteiger partial charge on any atom is 0.129 e. The zero-order valence-electron chi connectivity index (χ0n) is 10.7. The van der Waals surface area contributed by atoms with Crippen LogP contribution in [0.15, 0.2) is 18.2 Å². The van der Waals surface area contributed by atoms with Gasteiger partial charge in [-0.2, -0.15) is 0 Å². The van der Waals surface area contributed by atoms with Gasteiger partial charge >= 0.3 is 0 Å². The molecule has 1 aromatic carbocycles. The van der Waals surface area contributed by atoms with Crippen molar-refractivity contribution >= 4 is 18.1 Å². The number of ether oxygens (including phenoxy) is 1. The van der Waals surface area contributed by atoms with Crippen LogP contribution in [0.2, 0.25) is 0 Å². The van der Waals surface area contributed by atoms with E-state index in [1.54, 1.807) is 0 Å². The Hall–Kier alpha value is -0.930. The van der Waals surface area contributed by atoms with Crippen LogP contribution in [0.25, 0.3) is 0 Å². The molecular weight excluding hydrogens is 238 g/mol. The van der Waals surface area contributed by atoms with Gasteiger partial charge in [-0.05, 0) is 25.5 Å². The van der Waals surface area contributed by atoms with Gasteiger partial charge in [0.1, 0.15) is 11.4 Å². The Morgan fingerprint density at radius 1 is 1.35 bits per heavy atom. The summed E-state index contributed by atoms with van der Waals surface area (Å²) in [7, 11) is 4.01. The number of halogens is 1. The number of aliphatic hydroxyl groups is 1. The minimum Gasteiger partial charge on any atom is -0.485 e. The van der Waals surface area contributed by atoms with Gasteiger partial charge in [0, 0.05) is 32.3 Å². The molecule has 0 saturated carbocycles. The van der Waals surface area contributed by atoms with Gasteiger partial charge in [0.15, 0.2) is 0 Å². The molecule has 1 aliphatic rings. The van der Waals surface area contributed by atoms with E-state index in [-0.39, 0.29) is 12.4 Å². The fourth-order valence-corrected chi connectivity index (χ4v) is 1.89. The third-order valence-electron chi connectivity index (χ3n) is 3.16. The van der Waals surface area contributed by atoms with E-state index in [1.165, 1.54) is 0 Å². The second-order valence-electron chi connectivity index (χ2n) is 5.11. The molecule has 0 saturated heterocycles. The third kappa shape index (κ3) is 2.67. The van der Waals surface area contributed by atoms with Crippen LogP contribution < -0.4 is 9.64 Å². The number of nitrogens with zero attached hydrogens (tertiary/aromatic N) is 1. The summed E-state index contributed by atoms with van der Waals surface area (Å²) >= 11 is 0. The fraction of sp³-hybridized carbons (Fsp3) is 0.538. The third-order valence-corrected chi connectivity index (χ3v) is 3.16. The van der Waals surface area contributed by atoms with Crippen LogP contribution in [0, 0.1) is 0 Å². The first-order chi connectivity index (χ1) is 7.40. The van der Waals surface area contributed by atoms with Crippen LogP contribution in [0.3, 0.4) is 0 Å². The van der Waals surface area contributed by atoms with E-state index in [4.69, 9.17) is 4.74 Å². The summed E-state index contributed by atoms with van der Waals surface area (Å²) in [4.78, 5) is 2.04. The van der Waals surface area contributed by atoms with E-state index in [1.807, 2.05) is 51.0 Å².